The Kier molecular flexibility index (Phi) is 3.05. The van der Waals surface area contributed by atoms with E-state index in [9.17, 15) is 9.90 Å². The third-order valence-corrected chi connectivity index (χ3v) is 2.93. The molecule has 0 saturated heterocycles. The molecule has 1 aromatic heterocycles. The highest BCUT2D eigenvalue weighted by Gasteiger charge is 2.23. The fourth-order valence-corrected chi connectivity index (χ4v) is 2.23. The Hall–Kier alpha value is -1.20. The molecule has 0 spiro atoms. The van der Waals surface area contributed by atoms with E-state index in [-0.39, 0.29) is 5.56 Å². The summed E-state index contributed by atoms with van der Waals surface area (Å²) in [7, 11) is 1.67. The van der Waals surface area contributed by atoms with Crippen LogP contribution >= 0.6 is 0 Å². The van der Waals surface area contributed by atoms with Gasteiger partial charge in [-0.2, -0.15) is 5.10 Å². The zero-order valence-electron chi connectivity index (χ0n) is 10.6. The van der Waals surface area contributed by atoms with Gasteiger partial charge in [0.1, 0.15) is 0 Å². The van der Waals surface area contributed by atoms with Crippen molar-refractivity contribution < 1.29 is 5.11 Å². The molecular formula is C12H19N3O2. The highest BCUT2D eigenvalue weighted by atomic mass is 16.3. The average molecular weight is 237 g/mol. The summed E-state index contributed by atoms with van der Waals surface area (Å²) >= 11 is 0. The van der Waals surface area contributed by atoms with Gasteiger partial charge in [0, 0.05) is 39.2 Å². The molecular weight excluding hydrogens is 218 g/mol. The molecule has 1 aliphatic rings. The predicted molar refractivity (Wildman–Crippen MR) is 64.8 cm³/mol. The van der Waals surface area contributed by atoms with Crippen LogP contribution in [0.3, 0.4) is 0 Å². The molecule has 2 heterocycles. The topological polar surface area (TPSA) is 58.4 Å². The third-order valence-electron chi connectivity index (χ3n) is 2.93. The average Bonchev–Trinajstić information content (AvgIpc) is 2.18. The fourth-order valence-electron chi connectivity index (χ4n) is 2.23. The molecule has 0 aliphatic carbocycles. The molecule has 0 atom stereocenters. The molecule has 0 bridgehead atoms. The van der Waals surface area contributed by atoms with E-state index >= 15 is 0 Å². The Morgan fingerprint density at radius 3 is 2.88 bits per heavy atom. The molecule has 1 aromatic rings. The highest BCUT2D eigenvalue weighted by molar-refractivity contribution is 5.20. The molecule has 0 saturated carbocycles. The summed E-state index contributed by atoms with van der Waals surface area (Å²) in [5, 5.41) is 14.1. The van der Waals surface area contributed by atoms with Gasteiger partial charge in [0.2, 0.25) is 0 Å². The van der Waals surface area contributed by atoms with E-state index in [1.165, 1.54) is 4.68 Å². The van der Waals surface area contributed by atoms with E-state index in [2.05, 4.69) is 10.00 Å². The van der Waals surface area contributed by atoms with Crippen molar-refractivity contribution in [1.29, 1.82) is 0 Å². The Bertz CT molecular complexity index is 474. The van der Waals surface area contributed by atoms with Gasteiger partial charge in [0.05, 0.1) is 11.3 Å². The minimum atomic E-state index is -0.704. The summed E-state index contributed by atoms with van der Waals surface area (Å²) in [4.78, 5) is 13.7. The van der Waals surface area contributed by atoms with Crippen LogP contribution in [-0.2, 0) is 20.0 Å². The van der Waals surface area contributed by atoms with Gasteiger partial charge in [-0.05, 0) is 19.4 Å². The second-order valence-electron chi connectivity index (χ2n) is 5.35. The van der Waals surface area contributed by atoms with Crippen molar-refractivity contribution in [3.05, 3.63) is 27.7 Å². The molecule has 5 nitrogen and oxygen atoms in total. The first-order valence-electron chi connectivity index (χ1n) is 5.86. The molecule has 17 heavy (non-hydrogen) atoms. The Balaban J connectivity index is 2.19. The van der Waals surface area contributed by atoms with Crippen molar-refractivity contribution in [2.75, 3.05) is 13.1 Å². The Morgan fingerprint density at radius 1 is 1.53 bits per heavy atom. The number of aryl methyl sites for hydroxylation is 1. The van der Waals surface area contributed by atoms with Crippen LogP contribution in [-0.4, -0.2) is 38.5 Å². The van der Waals surface area contributed by atoms with E-state index in [1.807, 2.05) is 0 Å². The molecule has 1 aliphatic heterocycles. The lowest BCUT2D eigenvalue weighted by Crippen LogP contribution is -2.42. The monoisotopic (exact) mass is 237 g/mol. The maximum atomic E-state index is 11.5. The van der Waals surface area contributed by atoms with Crippen LogP contribution in [0.1, 0.15) is 25.1 Å². The lowest BCUT2D eigenvalue weighted by atomic mass is 10.0. The lowest BCUT2D eigenvalue weighted by Gasteiger charge is -2.32. The number of β-amino-alcohol motifs (C(OH)–C–C–N with tert-alkyl or cyclic N) is 1. The number of hydrogen-bond donors (Lipinski definition) is 1. The van der Waals surface area contributed by atoms with Gasteiger partial charge in [-0.3, -0.25) is 9.69 Å². The second kappa shape index (κ2) is 4.23. The van der Waals surface area contributed by atoms with E-state index in [1.54, 1.807) is 27.0 Å². The zero-order chi connectivity index (χ0) is 12.6. The number of hydrogen-bond acceptors (Lipinski definition) is 4. The van der Waals surface area contributed by atoms with Gasteiger partial charge in [0.25, 0.3) is 5.56 Å². The molecule has 0 amide bonds. The second-order valence-corrected chi connectivity index (χ2v) is 5.35. The van der Waals surface area contributed by atoms with Crippen LogP contribution < -0.4 is 5.56 Å². The summed E-state index contributed by atoms with van der Waals surface area (Å²) in [6, 6.07) is 1.65. The normalized spacial score (nSPS) is 16.9. The Labute approximate surface area is 101 Å². The molecule has 0 fully saturated rings. The molecule has 0 radical (unpaired) electrons. The quantitative estimate of drug-likeness (QED) is 0.781. The van der Waals surface area contributed by atoms with Crippen LogP contribution in [0.2, 0.25) is 0 Å². The molecule has 0 aromatic carbocycles. The van der Waals surface area contributed by atoms with Crippen molar-refractivity contribution in [2.45, 2.75) is 32.4 Å². The van der Waals surface area contributed by atoms with Crippen molar-refractivity contribution in [3.8, 4) is 0 Å². The number of nitrogens with zero attached hydrogens (tertiary/aromatic N) is 3. The van der Waals surface area contributed by atoms with Gasteiger partial charge >= 0.3 is 0 Å². The Morgan fingerprint density at radius 2 is 2.24 bits per heavy atom. The first kappa shape index (κ1) is 12.3. The van der Waals surface area contributed by atoms with Crippen molar-refractivity contribution in [2.24, 2.45) is 7.05 Å². The standard InChI is InChI=1S/C12H19N3O2/c1-12(2,17)8-15-5-4-10-9(7-15)6-11(16)14(3)13-10/h6,17H,4-5,7-8H2,1-3H3. The summed E-state index contributed by atoms with van der Waals surface area (Å²) in [5.41, 5.74) is 1.21. The number of aliphatic hydroxyl groups is 1. The molecule has 0 unspecified atom stereocenters. The maximum absolute atomic E-state index is 11.5. The van der Waals surface area contributed by atoms with Crippen LogP contribution in [0, 0.1) is 0 Å². The molecule has 2 rings (SSSR count). The number of fused-ring (bicyclic) bond motifs is 1. The first-order valence-corrected chi connectivity index (χ1v) is 5.86. The van der Waals surface area contributed by atoms with Gasteiger partial charge in [-0.1, -0.05) is 0 Å². The zero-order valence-corrected chi connectivity index (χ0v) is 10.6. The summed E-state index contributed by atoms with van der Waals surface area (Å²) in [5.74, 6) is 0. The summed E-state index contributed by atoms with van der Waals surface area (Å²) in [6.07, 6.45) is 0.833. The predicted octanol–water partition coefficient (Wildman–Crippen LogP) is -0.0907. The summed E-state index contributed by atoms with van der Waals surface area (Å²) < 4.78 is 1.38. The maximum Gasteiger partial charge on any atom is 0.266 e. The molecule has 5 heteroatoms. The van der Waals surface area contributed by atoms with Crippen LogP contribution in [0.5, 0.6) is 0 Å². The third kappa shape index (κ3) is 2.92. The van der Waals surface area contributed by atoms with Crippen molar-refractivity contribution in [3.63, 3.8) is 0 Å². The van der Waals surface area contributed by atoms with Crippen molar-refractivity contribution >= 4 is 0 Å². The van der Waals surface area contributed by atoms with Gasteiger partial charge in [0.15, 0.2) is 0 Å². The first-order chi connectivity index (χ1) is 7.85. The van der Waals surface area contributed by atoms with Gasteiger partial charge in [-0.25, -0.2) is 4.68 Å². The number of aromatic nitrogens is 2. The van der Waals surface area contributed by atoms with Crippen LogP contribution in [0.4, 0.5) is 0 Å². The lowest BCUT2D eigenvalue weighted by molar-refractivity contribution is 0.0314. The minimum absolute atomic E-state index is 0.0751. The van der Waals surface area contributed by atoms with Crippen LogP contribution in [0.25, 0.3) is 0 Å². The van der Waals surface area contributed by atoms with E-state index in [0.29, 0.717) is 13.1 Å². The fraction of sp³-hybridized carbons (Fsp3) is 0.667. The molecule has 1 N–H and O–H groups in total. The van der Waals surface area contributed by atoms with Crippen LogP contribution in [0.15, 0.2) is 10.9 Å². The molecule has 94 valence electrons. The SMILES string of the molecule is Cn1nc2c(cc1=O)CN(CC(C)(C)O)CC2. The van der Waals surface area contributed by atoms with E-state index in [0.717, 1.165) is 24.2 Å². The number of rotatable bonds is 2. The van der Waals surface area contributed by atoms with Crippen molar-refractivity contribution in [1.82, 2.24) is 14.7 Å². The van der Waals surface area contributed by atoms with Gasteiger partial charge < -0.3 is 5.11 Å². The van der Waals surface area contributed by atoms with Gasteiger partial charge in [-0.15, -0.1) is 0 Å². The largest absolute Gasteiger partial charge is 0.389 e. The minimum Gasteiger partial charge on any atom is -0.389 e. The van der Waals surface area contributed by atoms with E-state index in [4.69, 9.17) is 0 Å². The summed E-state index contributed by atoms with van der Waals surface area (Å²) in [6.45, 7) is 5.78. The smallest absolute Gasteiger partial charge is 0.266 e. The highest BCUT2D eigenvalue weighted by Crippen LogP contribution is 2.17. The van der Waals surface area contributed by atoms with E-state index < -0.39 is 5.60 Å².